The van der Waals surface area contributed by atoms with Gasteiger partial charge >= 0.3 is 0 Å². The molecule has 1 unspecified atom stereocenters. The third-order valence-electron chi connectivity index (χ3n) is 3.17. The summed E-state index contributed by atoms with van der Waals surface area (Å²) in [5.74, 6) is 0. The van der Waals surface area contributed by atoms with E-state index in [1.807, 2.05) is 31.9 Å². The number of aromatic nitrogens is 3. The first-order valence-electron chi connectivity index (χ1n) is 6.24. The molecule has 5 heteroatoms. The topological polar surface area (TPSA) is 42.7 Å². The van der Waals surface area contributed by atoms with Crippen molar-refractivity contribution in [3.8, 4) is 0 Å². The van der Waals surface area contributed by atoms with E-state index < -0.39 is 0 Å². The Morgan fingerprint density at radius 2 is 2.33 bits per heavy atom. The molecule has 0 saturated carbocycles. The highest BCUT2D eigenvalue weighted by Crippen LogP contribution is 2.13. The van der Waals surface area contributed by atoms with E-state index >= 15 is 0 Å². The molecule has 0 spiro atoms. The highest BCUT2D eigenvalue weighted by Gasteiger charge is 2.11. The predicted octanol–water partition coefficient (Wildman–Crippen LogP) is 1.95. The van der Waals surface area contributed by atoms with Crippen LogP contribution in [0.5, 0.6) is 0 Å². The van der Waals surface area contributed by atoms with Crippen molar-refractivity contribution in [3.63, 3.8) is 0 Å². The Hall–Kier alpha value is -1.20. The number of nitrogens with zero attached hydrogens (tertiary/aromatic N) is 3. The molecule has 2 aromatic heterocycles. The van der Waals surface area contributed by atoms with Crippen LogP contribution in [0, 0.1) is 6.92 Å². The molecular formula is C13H20N4S. The van der Waals surface area contributed by atoms with Crippen molar-refractivity contribution in [2.45, 2.75) is 32.2 Å². The number of aryl methyl sites for hydroxylation is 3. The summed E-state index contributed by atoms with van der Waals surface area (Å²) in [5, 5.41) is 10.9. The molecular weight excluding hydrogens is 244 g/mol. The molecule has 1 atom stereocenters. The van der Waals surface area contributed by atoms with Crippen LogP contribution in [-0.4, -0.2) is 27.9 Å². The molecule has 1 N–H and O–H groups in total. The second-order valence-corrected chi connectivity index (χ2v) is 5.50. The fourth-order valence-electron chi connectivity index (χ4n) is 2.02. The summed E-state index contributed by atoms with van der Waals surface area (Å²) in [4.78, 5) is 4.52. The van der Waals surface area contributed by atoms with Crippen molar-refractivity contribution in [2.75, 3.05) is 7.05 Å². The van der Waals surface area contributed by atoms with Crippen LogP contribution >= 0.6 is 11.3 Å². The summed E-state index contributed by atoms with van der Waals surface area (Å²) < 4.78 is 1.94. The Bertz CT molecular complexity index is 489. The Kier molecular flexibility index (Phi) is 4.49. The molecule has 0 saturated heterocycles. The van der Waals surface area contributed by atoms with E-state index in [4.69, 9.17) is 0 Å². The van der Waals surface area contributed by atoms with E-state index in [-0.39, 0.29) is 0 Å². The molecule has 18 heavy (non-hydrogen) atoms. The average Bonchev–Trinajstić information content (AvgIpc) is 2.94. The van der Waals surface area contributed by atoms with Crippen LogP contribution in [0.1, 0.15) is 22.8 Å². The summed E-state index contributed by atoms with van der Waals surface area (Å²) in [6.07, 6.45) is 5.02. The lowest BCUT2D eigenvalue weighted by Crippen LogP contribution is -2.28. The first kappa shape index (κ1) is 13.2. The molecule has 2 rings (SSSR count). The van der Waals surface area contributed by atoms with Crippen molar-refractivity contribution >= 4 is 11.3 Å². The smallest absolute Gasteiger partial charge is 0.0943 e. The van der Waals surface area contributed by atoms with E-state index in [1.54, 1.807) is 11.3 Å². The second-order valence-electron chi connectivity index (χ2n) is 4.56. The molecule has 2 heterocycles. The minimum absolute atomic E-state index is 0.477. The van der Waals surface area contributed by atoms with Gasteiger partial charge in [-0.1, -0.05) is 0 Å². The lowest BCUT2D eigenvalue weighted by molar-refractivity contribution is 0.509. The van der Waals surface area contributed by atoms with E-state index in [0.717, 1.165) is 25.0 Å². The summed E-state index contributed by atoms with van der Waals surface area (Å²) in [7, 11) is 4.02. The molecule has 98 valence electrons. The molecule has 0 aliphatic heterocycles. The van der Waals surface area contributed by atoms with Gasteiger partial charge in [0.2, 0.25) is 0 Å². The SMILES string of the molecule is CNC(CCc1ccnn1C)Cc1nc(C)cs1. The molecule has 0 aromatic carbocycles. The fourth-order valence-corrected chi connectivity index (χ4v) is 2.88. The van der Waals surface area contributed by atoms with Gasteiger partial charge in [-0.3, -0.25) is 4.68 Å². The van der Waals surface area contributed by atoms with Crippen LogP contribution in [0.3, 0.4) is 0 Å². The Morgan fingerprint density at radius 3 is 2.89 bits per heavy atom. The molecule has 0 aliphatic carbocycles. The van der Waals surface area contributed by atoms with Gasteiger partial charge in [0.15, 0.2) is 0 Å². The largest absolute Gasteiger partial charge is 0.317 e. The van der Waals surface area contributed by atoms with Gasteiger partial charge in [-0.15, -0.1) is 11.3 Å². The van der Waals surface area contributed by atoms with E-state index in [9.17, 15) is 0 Å². The van der Waals surface area contributed by atoms with Crippen molar-refractivity contribution in [1.82, 2.24) is 20.1 Å². The van der Waals surface area contributed by atoms with E-state index in [1.165, 1.54) is 10.7 Å². The number of hydrogen-bond acceptors (Lipinski definition) is 4. The number of nitrogens with one attached hydrogen (secondary N) is 1. The zero-order valence-corrected chi connectivity index (χ0v) is 12.0. The highest BCUT2D eigenvalue weighted by atomic mass is 32.1. The predicted molar refractivity (Wildman–Crippen MR) is 74.9 cm³/mol. The molecule has 0 aliphatic rings. The van der Waals surface area contributed by atoms with Crippen LogP contribution in [-0.2, 0) is 19.9 Å². The first-order chi connectivity index (χ1) is 8.69. The Balaban J connectivity index is 1.88. The van der Waals surface area contributed by atoms with Crippen LogP contribution in [0.15, 0.2) is 17.6 Å². The van der Waals surface area contributed by atoms with Gasteiger partial charge in [-0.2, -0.15) is 5.10 Å². The Morgan fingerprint density at radius 1 is 1.50 bits per heavy atom. The van der Waals surface area contributed by atoms with Gasteiger partial charge < -0.3 is 5.32 Å². The number of rotatable bonds is 6. The van der Waals surface area contributed by atoms with Crippen LogP contribution in [0.4, 0.5) is 0 Å². The molecule has 0 fully saturated rings. The zero-order chi connectivity index (χ0) is 13.0. The summed E-state index contributed by atoms with van der Waals surface area (Å²) in [6, 6.07) is 2.56. The van der Waals surface area contributed by atoms with Gasteiger partial charge in [0.05, 0.1) is 5.01 Å². The molecule has 4 nitrogen and oxygen atoms in total. The van der Waals surface area contributed by atoms with Gasteiger partial charge in [-0.25, -0.2) is 4.98 Å². The van der Waals surface area contributed by atoms with Crippen molar-refractivity contribution in [2.24, 2.45) is 7.05 Å². The molecule has 0 amide bonds. The van der Waals surface area contributed by atoms with Crippen LogP contribution in [0.2, 0.25) is 0 Å². The Labute approximate surface area is 112 Å². The lowest BCUT2D eigenvalue weighted by Gasteiger charge is -2.14. The van der Waals surface area contributed by atoms with Crippen molar-refractivity contribution in [3.05, 3.63) is 34.0 Å². The van der Waals surface area contributed by atoms with Crippen LogP contribution in [0.25, 0.3) is 0 Å². The molecule has 2 aromatic rings. The maximum Gasteiger partial charge on any atom is 0.0943 e. The summed E-state index contributed by atoms with van der Waals surface area (Å²) in [5.41, 5.74) is 2.40. The monoisotopic (exact) mass is 264 g/mol. The average molecular weight is 264 g/mol. The van der Waals surface area contributed by atoms with Gasteiger partial charge in [-0.05, 0) is 32.9 Å². The third kappa shape index (κ3) is 3.40. The summed E-state index contributed by atoms with van der Waals surface area (Å²) in [6.45, 7) is 2.05. The normalized spacial score (nSPS) is 12.8. The van der Waals surface area contributed by atoms with E-state index in [0.29, 0.717) is 6.04 Å². The van der Waals surface area contributed by atoms with E-state index in [2.05, 4.69) is 26.8 Å². The number of thiazole rings is 1. The van der Waals surface area contributed by atoms with Gasteiger partial charge in [0.1, 0.15) is 0 Å². The highest BCUT2D eigenvalue weighted by molar-refractivity contribution is 7.09. The molecule has 0 radical (unpaired) electrons. The second kappa shape index (κ2) is 6.11. The number of hydrogen-bond donors (Lipinski definition) is 1. The first-order valence-corrected chi connectivity index (χ1v) is 7.12. The standard InChI is InChI=1S/C13H20N4S/c1-10-9-18-13(16-10)8-11(14-2)4-5-12-6-7-15-17(12)3/h6-7,9,11,14H,4-5,8H2,1-3H3. The number of likely N-dealkylation sites (N-methyl/N-ethyl adjacent to an activating group) is 1. The van der Waals surface area contributed by atoms with Gasteiger partial charge in [0, 0.05) is 42.5 Å². The zero-order valence-electron chi connectivity index (χ0n) is 11.2. The summed E-state index contributed by atoms with van der Waals surface area (Å²) >= 11 is 1.75. The maximum absolute atomic E-state index is 4.52. The quantitative estimate of drug-likeness (QED) is 0.867. The van der Waals surface area contributed by atoms with Gasteiger partial charge in [0.25, 0.3) is 0 Å². The maximum atomic E-state index is 4.52. The van der Waals surface area contributed by atoms with Crippen molar-refractivity contribution < 1.29 is 0 Å². The minimum Gasteiger partial charge on any atom is -0.317 e. The van der Waals surface area contributed by atoms with Crippen molar-refractivity contribution in [1.29, 1.82) is 0 Å². The third-order valence-corrected chi connectivity index (χ3v) is 4.16. The van der Waals surface area contributed by atoms with Crippen LogP contribution < -0.4 is 5.32 Å². The minimum atomic E-state index is 0.477. The fraction of sp³-hybridized carbons (Fsp3) is 0.538. The molecule has 0 bridgehead atoms. The lowest BCUT2D eigenvalue weighted by atomic mass is 10.1.